The highest BCUT2D eigenvalue weighted by molar-refractivity contribution is 7.99. The van der Waals surface area contributed by atoms with Gasteiger partial charge in [-0.25, -0.2) is 0 Å². The molecule has 2 saturated heterocycles. The number of hydrogen-bond acceptors (Lipinski definition) is 6. The zero-order chi connectivity index (χ0) is 20.0. The summed E-state index contributed by atoms with van der Waals surface area (Å²) in [6.07, 6.45) is 1.12. The Labute approximate surface area is 168 Å². The molecule has 0 saturated carbocycles. The summed E-state index contributed by atoms with van der Waals surface area (Å²) in [6.45, 7) is 3.55. The molecule has 9 heteroatoms. The lowest BCUT2D eigenvalue weighted by molar-refractivity contribution is -0.136. The normalized spacial score (nSPS) is 22.6. The number of ether oxygens (including phenoxy) is 1. The zero-order valence-corrected chi connectivity index (χ0v) is 16.6. The Morgan fingerprint density at radius 2 is 1.86 bits per heavy atom. The van der Waals surface area contributed by atoms with Gasteiger partial charge in [0.1, 0.15) is 0 Å². The first-order chi connectivity index (χ1) is 13.5. The summed E-state index contributed by atoms with van der Waals surface area (Å²) in [4.78, 5) is 37.8. The molecule has 152 valence electrons. The van der Waals surface area contributed by atoms with Gasteiger partial charge in [0, 0.05) is 36.6 Å². The number of morpholine rings is 1. The molecule has 0 radical (unpaired) electrons. The lowest BCUT2D eigenvalue weighted by atomic mass is 9.95. The van der Waals surface area contributed by atoms with Crippen molar-refractivity contribution in [3.63, 3.8) is 0 Å². The van der Waals surface area contributed by atoms with E-state index in [4.69, 9.17) is 10.5 Å². The standard InChI is InChI=1S/C19H26N4O4S/c20-16(24)11-14-1-3-15(4-2-14)22-18(26)17(25)21-12-19(5-10-28-13-19)23-6-8-27-9-7-23/h1-4H,5-13H2,(H2,20,24)(H,21,25)(H,22,26). The number of carbonyl (C=O) groups is 3. The number of nitrogens with two attached hydrogens (primary N) is 1. The number of nitrogens with zero attached hydrogens (tertiary/aromatic N) is 1. The fraction of sp³-hybridized carbons (Fsp3) is 0.526. The van der Waals surface area contributed by atoms with E-state index in [1.807, 2.05) is 11.8 Å². The van der Waals surface area contributed by atoms with Gasteiger partial charge in [-0.3, -0.25) is 19.3 Å². The second-order valence-corrected chi connectivity index (χ2v) is 8.21. The molecule has 8 nitrogen and oxygen atoms in total. The molecule has 2 heterocycles. The maximum absolute atomic E-state index is 12.3. The highest BCUT2D eigenvalue weighted by Crippen LogP contribution is 2.33. The van der Waals surface area contributed by atoms with E-state index in [0.717, 1.165) is 36.6 Å². The van der Waals surface area contributed by atoms with Crippen LogP contribution in [0.4, 0.5) is 5.69 Å². The van der Waals surface area contributed by atoms with Gasteiger partial charge in [-0.05, 0) is 29.9 Å². The van der Waals surface area contributed by atoms with Crippen molar-refractivity contribution in [2.24, 2.45) is 5.73 Å². The molecule has 2 fully saturated rings. The molecule has 1 aromatic rings. The maximum atomic E-state index is 12.3. The van der Waals surface area contributed by atoms with E-state index in [1.165, 1.54) is 0 Å². The number of carbonyl (C=O) groups excluding carboxylic acids is 3. The molecular formula is C19H26N4O4S. The van der Waals surface area contributed by atoms with Crippen LogP contribution in [0.3, 0.4) is 0 Å². The first-order valence-corrected chi connectivity index (χ1v) is 10.5. The van der Waals surface area contributed by atoms with Crippen molar-refractivity contribution < 1.29 is 19.1 Å². The molecule has 1 aromatic carbocycles. The fourth-order valence-corrected chi connectivity index (χ4v) is 5.03. The van der Waals surface area contributed by atoms with Crippen LogP contribution in [0.1, 0.15) is 12.0 Å². The molecule has 0 aromatic heterocycles. The number of anilines is 1. The number of nitrogens with one attached hydrogen (secondary N) is 2. The minimum Gasteiger partial charge on any atom is -0.379 e. The van der Waals surface area contributed by atoms with E-state index in [1.54, 1.807) is 24.3 Å². The van der Waals surface area contributed by atoms with Crippen LogP contribution >= 0.6 is 11.8 Å². The quantitative estimate of drug-likeness (QED) is 0.572. The van der Waals surface area contributed by atoms with Crippen molar-refractivity contribution in [3.8, 4) is 0 Å². The molecule has 2 aliphatic rings. The van der Waals surface area contributed by atoms with Gasteiger partial charge in [0.2, 0.25) is 5.91 Å². The molecule has 28 heavy (non-hydrogen) atoms. The van der Waals surface area contributed by atoms with Crippen LogP contribution < -0.4 is 16.4 Å². The van der Waals surface area contributed by atoms with Crippen molar-refractivity contribution in [3.05, 3.63) is 29.8 Å². The summed E-state index contributed by atoms with van der Waals surface area (Å²) >= 11 is 1.88. The van der Waals surface area contributed by atoms with Crippen LogP contribution in [-0.4, -0.2) is 72.5 Å². The number of amides is 3. The molecule has 0 spiro atoms. The molecular weight excluding hydrogens is 380 g/mol. The summed E-state index contributed by atoms with van der Waals surface area (Å²) in [6, 6.07) is 6.68. The van der Waals surface area contributed by atoms with Crippen LogP contribution in [0.2, 0.25) is 0 Å². The molecule has 0 aliphatic carbocycles. The van der Waals surface area contributed by atoms with Gasteiger partial charge < -0.3 is 21.1 Å². The average molecular weight is 407 g/mol. The van der Waals surface area contributed by atoms with Gasteiger partial charge in [-0.15, -0.1) is 0 Å². The number of thioether (sulfide) groups is 1. The number of hydrogen-bond donors (Lipinski definition) is 3. The monoisotopic (exact) mass is 406 g/mol. The van der Waals surface area contributed by atoms with E-state index in [9.17, 15) is 14.4 Å². The molecule has 1 atom stereocenters. The van der Waals surface area contributed by atoms with Gasteiger partial charge in [0.05, 0.1) is 19.6 Å². The van der Waals surface area contributed by atoms with Crippen molar-refractivity contribution in [1.29, 1.82) is 0 Å². The largest absolute Gasteiger partial charge is 0.379 e. The first kappa shape index (κ1) is 20.6. The lowest BCUT2D eigenvalue weighted by Gasteiger charge is -2.42. The minimum atomic E-state index is -0.703. The van der Waals surface area contributed by atoms with E-state index in [0.29, 0.717) is 25.4 Å². The van der Waals surface area contributed by atoms with Crippen LogP contribution in [-0.2, 0) is 25.5 Å². The van der Waals surface area contributed by atoms with E-state index < -0.39 is 17.7 Å². The third-order valence-corrected chi connectivity index (χ3v) is 6.37. The number of primary amides is 1. The van der Waals surface area contributed by atoms with Crippen LogP contribution in [0.25, 0.3) is 0 Å². The Bertz CT molecular complexity index is 713. The Hall–Kier alpha value is -2.10. The first-order valence-electron chi connectivity index (χ1n) is 9.35. The molecule has 3 rings (SSSR count). The average Bonchev–Trinajstić information content (AvgIpc) is 3.18. The van der Waals surface area contributed by atoms with Crippen LogP contribution in [0.5, 0.6) is 0 Å². The zero-order valence-electron chi connectivity index (χ0n) is 15.7. The third kappa shape index (κ3) is 5.24. The predicted octanol–water partition coefficient (Wildman–Crippen LogP) is -0.0230. The Balaban J connectivity index is 1.53. The second kappa shape index (κ2) is 9.40. The van der Waals surface area contributed by atoms with E-state index in [2.05, 4.69) is 15.5 Å². The molecule has 3 amide bonds. The number of rotatable bonds is 6. The highest BCUT2D eigenvalue weighted by atomic mass is 32.2. The van der Waals surface area contributed by atoms with Crippen molar-refractivity contribution >= 4 is 35.2 Å². The van der Waals surface area contributed by atoms with Crippen LogP contribution in [0, 0.1) is 0 Å². The molecule has 4 N–H and O–H groups in total. The van der Waals surface area contributed by atoms with Crippen molar-refractivity contribution in [2.75, 3.05) is 49.7 Å². The molecule has 1 unspecified atom stereocenters. The smallest absolute Gasteiger partial charge is 0.313 e. The summed E-state index contributed by atoms with van der Waals surface area (Å²) in [5, 5.41) is 5.40. The third-order valence-electron chi connectivity index (χ3n) is 5.14. The second-order valence-electron chi connectivity index (χ2n) is 7.10. The van der Waals surface area contributed by atoms with Crippen LogP contribution in [0.15, 0.2) is 24.3 Å². The SMILES string of the molecule is NC(=O)Cc1ccc(NC(=O)C(=O)NCC2(N3CCOCC3)CCSC2)cc1. The van der Waals surface area contributed by atoms with Gasteiger partial charge in [0.15, 0.2) is 0 Å². The predicted molar refractivity (Wildman–Crippen MR) is 108 cm³/mol. The van der Waals surface area contributed by atoms with Gasteiger partial charge in [0.25, 0.3) is 0 Å². The van der Waals surface area contributed by atoms with Gasteiger partial charge >= 0.3 is 11.8 Å². The maximum Gasteiger partial charge on any atom is 0.313 e. The topological polar surface area (TPSA) is 114 Å². The Morgan fingerprint density at radius 1 is 1.14 bits per heavy atom. The summed E-state index contributed by atoms with van der Waals surface area (Å²) in [5.41, 5.74) is 6.29. The fourth-order valence-electron chi connectivity index (χ4n) is 3.55. The van der Waals surface area contributed by atoms with Gasteiger partial charge in [-0.2, -0.15) is 11.8 Å². The Kier molecular flexibility index (Phi) is 6.93. The minimum absolute atomic E-state index is 0.110. The van der Waals surface area contributed by atoms with E-state index in [-0.39, 0.29) is 12.0 Å². The molecule has 0 bridgehead atoms. The van der Waals surface area contributed by atoms with Crippen molar-refractivity contribution in [2.45, 2.75) is 18.4 Å². The summed E-state index contributed by atoms with van der Waals surface area (Å²) < 4.78 is 5.44. The molecule has 2 aliphatic heterocycles. The Morgan fingerprint density at radius 3 is 2.46 bits per heavy atom. The summed E-state index contributed by atoms with van der Waals surface area (Å²) in [5.74, 6) is 0.222. The van der Waals surface area contributed by atoms with Crippen molar-refractivity contribution in [1.82, 2.24) is 10.2 Å². The lowest BCUT2D eigenvalue weighted by Crippen LogP contribution is -2.59. The van der Waals surface area contributed by atoms with Gasteiger partial charge in [-0.1, -0.05) is 12.1 Å². The summed E-state index contributed by atoms with van der Waals surface area (Å²) in [7, 11) is 0. The highest BCUT2D eigenvalue weighted by Gasteiger charge is 2.41. The number of benzene rings is 1. The van der Waals surface area contributed by atoms with E-state index >= 15 is 0 Å².